The largest absolute Gasteiger partial charge is 0.366 e. The molecule has 0 bridgehead atoms. The zero-order chi connectivity index (χ0) is 4.28. The van der Waals surface area contributed by atoms with E-state index in [1.165, 1.54) is 0 Å². The average molecular weight is 111 g/mol. The summed E-state index contributed by atoms with van der Waals surface area (Å²) in [7, 11) is 0. The number of carbonyl (C=O) groups excluding carboxylic acids is 1. The minimum absolute atomic E-state index is 0. The molecule has 0 aromatic heterocycles. The van der Waals surface area contributed by atoms with Crippen molar-refractivity contribution in [3.05, 3.63) is 12.7 Å². The molecule has 0 saturated carbocycles. The number of carbonyl (C=O) groups is 1. The molecule has 3 heteroatoms. The Kier molecular flexibility index (Phi) is 8.83. The Hall–Kier alpha value is 0.470. The van der Waals surface area contributed by atoms with Gasteiger partial charge in [-0.15, -0.1) is 0 Å². The summed E-state index contributed by atoms with van der Waals surface area (Å²) in [6.45, 7) is 3.09. The van der Waals surface area contributed by atoms with Gasteiger partial charge in [0.1, 0.15) is 0 Å². The minimum atomic E-state index is -0.481. The van der Waals surface area contributed by atoms with Gasteiger partial charge in [-0.3, -0.25) is 4.79 Å². The summed E-state index contributed by atoms with van der Waals surface area (Å²) in [5, 5.41) is 0. The van der Waals surface area contributed by atoms with Crippen LogP contribution in [0, 0.1) is 0 Å². The number of rotatable bonds is 1. The SMILES string of the molecule is C=CC(N)=O.[Ca]. The van der Waals surface area contributed by atoms with Crippen LogP contribution in [0.3, 0.4) is 0 Å². The third-order valence-corrected chi connectivity index (χ3v) is 0.201. The van der Waals surface area contributed by atoms with Crippen molar-refractivity contribution in [3.63, 3.8) is 0 Å². The first kappa shape index (κ1) is 9.69. The molecular weight excluding hydrogens is 106 g/mol. The van der Waals surface area contributed by atoms with Gasteiger partial charge in [0, 0.05) is 37.7 Å². The molecule has 0 fully saturated rings. The molecule has 0 saturated heterocycles. The van der Waals surface area contributed by atoms with E-state index in [1.807, 2.05) is 0 Å². The second-order valence-electron chi connectivity index (χ2n) is 0.606. The Bertz CT molecular complexity index is 61.8. The maximum absolute atomic E-state index is 9.47. The van der Waals surface area contributed by atoms with E-state index in [1.54, 1.807) is 0 Å². The van der Waals surface area contributed by atoms with Gasteiger partial charge in [0.25, 0.3) is 0 Å². The van der Waals surface area contributed by atoms with Crippen molar-refractivity contribution < 1.29 is 4.79 Å². The molecule has 0 aliphatic carbocycles. The summed E-state index contributed by atoms with van der Waals surface area (Å²) in [4.78, 5) is 9.47. The Morgan fingerprint density at radius 1 is 1.83 bits per heavy atom. The van der Waals surface area contributed by atoms with Crippen LogP contribution in [0.15, 0.2) is 12.7 Å². The van der Waals surface area contributed by atoms with Gasteiger partial charge in [0.05, 0.1) is 0 Å². The Balaban J connectivity index is 0. The van der Waals surface area contributed by atoms with Gasteiger partial charge < -0.3 is 5.73 Å². The standard InChI is InChI=1S/C3H5NO.Ca/c1-2-3(4)5;/h2H,1H2,(H2,4,5);. The van der Waals surface area contributed by atoms with Gasteiger partial charge in [0.2, 0.25) is 5.91 Å². The second-order valence-corrected chi connectivity index (χ2v) is 0.606. The van der Waals surface area contributed by atoms with Crippen molar-refractivity contribution in [2.24, 2.45) is 5.73 Å². The molecule has 1 amide bonds. The molecule has 2 radical (unpaired) electrons. The van der Waals surface area contributed by atoms with E-state index in [-0.39, 0.29) is 37.7 Å². The Labute approximate surface area is 66.4 Å². The topological polar surface area (TPSA) is 43.1 Å². The van der Waals surface area contributed by atoms with Gasteiger partial charge in [-0.25, -0.2) is 0 Å². The zero-order valence-electron chi connectivity index (χ0n) is 3.48. The fourth-order valence-electron chi connectivity index (χ4n) is 0. The quantitative estimate of drug-likeness (QED) is 0.352. The summed E-state index contributed by atoms with van der Waals surface area (Å²) in [6, 6.07) is 0. The Morgan fingerprint density at radius 3 is 2.00 bits per heavy atom. The van der Waals surface area contributed by atoms with Crippen molar-refractivity contribution in [2.75, 3.05) is 0 Å². The molecule has 0 aliphatic rings. The van der Waals surface area contributed by atoms with Crippen molar-refractivity contribution in [2.45, 2.75) is 0 Å². The molecule has 0 unspecified atom stereocenters. The summed E-state index contributed by atoms with van der Waals surface area (Å²) in [6.07, 6.45) is 1.06. The number of hydrogen-bond acceptors (Lipinski definition) is 1. The van der Waals surface area contributed by atoms with Gasteiger partial charge >= 0.3 is 0 Å². The number of amides is 1. The maximum atomic E-state index is 9.47. The van der Waals surface area contributed by atoms with Crippen molar-refractivity contribution in [1.29, 1.82) is 0 Å². The number of hydrogen-bond donors (Lipinski definition) is 1. The van der Waals surface area contributed by atoms with Crippen LogP contribution in [-0.2, 0) is 4.79 Å². The van der Waals surface area contributed by atoms with E-state index in [9.17, 15) is 4.79 Å². The minimum Gasteiger partial charge on any atom is -0.366 e. The molecule has 0 aromatic rings. The van der Waals surface area contributed by atoms with Gasteiger partial charge in [-0.2, -0.15) is 0 Å². The molecule has 2 N–H and O–H groups in total. The van der Waals surface area contributed by atoms with Crippen LogP contribution in [-0.4, -0.2) is 43.6 Å². The third-order valence-electron chi connectivity index (χ3n) is 0.201. The average Bonchev–Trinajstić information content (AvgIpc) is 1.38. The van der Waals surface area contributed by atoms with Crippen LogP contribution >= 0.6 is 0 Å². The van der Waals surface area contributed by atoms with Crippen molar-refractivity contribution in [3.8, 4) is 0 Å². The third kappa shape index (κ3) is 8.82. The zero-order valence-corrected chi connectivity index (χ0v) is 5.69. The van der Waals surface area contributed by atoms with Crippen LogP contribution in [0.25, 0.3) is 0 Å². The van der Waals surface area contributed by atoms with E-state index in [0.717, 1.165) is 6.08 Å². The molecule has 0 heterocycles. The molecule has 6 heavy (non-hydrogen) atoms. The van der Waals surface area contributed by atoms with Crippen LogP contribution in [0.5, 0.6) is 0 Å². The maximum Gasteiger partial charge on any atom is 0.240 e. The first-order chi connectivity index (χ1) is 2.27. The predicted octanol–water partition coefficient (Wildman–Crippen LogP) is -0.723. The molecule has 2 nitrogen and oxygen atoms in total. The monoisotopic (exact) mass is 111 g/mol. The first-order valence-corrected chi connectivity index (χ1v) is 1.19. The van der Waals surface area contributed by atoms with E-state index < -0.39 is 5.91 Å². The molecule has 0 rings (SSSR count). The van der Waals surface area contributed by atoms with Crippen LogP contribution in [0.4, 0.5) is 0 Å². The van der Waals surface area contributed by atoms with Crippen molar-refractivity contribution >= 4 is 43.6 Å². The van der Waals surface area contributed by atoms with E-state index in [0.29, 0.717) is 0 Å². The molecule has 0 aliphatic heterocycles. The second kappa shape index (κ2) is 5.47. The fraction of sp³-hybridized carbons (Fsp3) is 0. The summed E-state index contributed by atoms with van der Waals surface area (Å²) in [5.41, 5.74) is 4.53. The summed E-state index contributed by atoms with van der Waals surface area (Å²) >= 11 is 0. The van der Waals surface area contributed by atoms with E-state index >= 15 is 0 Å². The first-order valence-electron chi connectivity index (χ1n) is 1.19. The molecule has 0 aromatic carbocycles. The van der Waals surface area contributed by atoms with Gasteiger partial charge in [-0.1, -0.05) is 6.58 Å². The molecule has 30 valence electrons. The van der Waals surface area contributed by atoms with Crippen LogP contribution < -0.4 is 5.73 Å². The van der Waals surface area contributed by atoms with Gasteiger partial charge in [-0.05, 0) is 6.08 Å². The van der Waals surface area contributed by atoms with Crippen molar-refractivity contribution in [1.82, 2.24) is 0 Å². The fourth-order valence-corrected chi connectivity index (χ4v) is 0. The predicted molar refractivity (Wildman–Crippen MR) is 25.1 cm³/mol. The summed E-state index contributed by atoms with van der Waals surface area (Å²) in [5.74, 6) is -0.481. The van der Waals surface area contributed by atoms with E-state index in [4.69, 9.17) is 0 Å². The molecular formula is C3H5CaNO. The number of nitrogens with two attached hydrogens (primary N) is 1. The Morgan fingerprint density at radius 2 is 2.00 bits per heavy atom. The summed E-state index contributed by atoms with van der Waals surface area (Å²) < 4.78 is 0. The molecule has 0 atom stereocenters. The van der Waals surface area contributed by atoms with E-state index in [2.05, 4.69) is 12.3 Å². The number of primary amides is 1. The normalized spacial score (nSPS) is 5.33. The van der Waals surface area contributed by atoms with Gasteiger partial charge in [0.15, 0.2) is 0 Å². The smallest absolute Gasteiger partial charge is 0.240 e. The van der Waals surface area contributed by atoms with Crippen LogP contribution in [0.1, 0.15) is 0 Å². The van der Waals surface area contributed by atoms with Crippen LogP contribution in [0.2, 0.25) is 0 Å². The molecule has 0 spiro atoms.